The minimum absolute atomic E-state index is 0.0195. The maximum absolute atomic E-state index is 13.1. The number of carbonyl (C=O) groups is 2. The molecule has 5 heterocycles. The quantitative estimate of drug-likeness (QED) is 0.566. The standard InChI is InChI=1S/C25H33N9O3S/c1-18-27-20(19-3-2-5-31(16-19)6-4-26)15-22(28-18)30-24-29-21(17-38-24)23(35)32-7-9-33(10-8-32)25(36)34-11-13-37-14-12-34/h15,17,19H,2-3,5-14,16H2,1H3,(H,27,28,29,30)/t19-/m0/s1. The van der Waals surface area contributed by atoms with Gasteiger partial charge in [0.2, 0.25) is 0 Å². The van der Waals surface area contributed by atoms with Crippen molar-refractivity contribution < 1.29 is 14.3 Å². The first-order valence-corrected chi connectivity index (χ1v) is 14.0. The van der Waals surface area contributed by atoms with E-state index in [1.807, 2.05) is 22.8 Å². The number of hydrogen-bond donors (Lipinski definition) is 1. The Morgan fingerprint density at radius 3 is 2.58 bits per heavy atom. The summed E-state index contributed by atoms with van der Waals surface area (Å²) in [6, 6.07) is 4.21. The van der Waals surface area contributed by atoms with Crippen molar-refractivity contribution in [3.05, 3.63) is 28.7 Å². The van der Waals surface area contributed by atoms with Crippen LogP contribution in [0.2, 0.25) is 0 Å². The number of carbonyl (C=O) groups excluding carboxylic acids is 2. The summed E-state index contributed by atoms with van der Waals surface area (Å²) < 4.78 is 5.33. The summed E-state index contributed by atoms with van der Waals surface area (Å²) in [6.07, 6.45) is 2.06. The lowest BCUT2D eigenvalue weighted by atomic mass is 9.94. The van der Waals surface area contributed by atoms with Crippen molar-refractivity contribution in [2.45, 2.75) is 25.7 Å². The van der Waals surface area contributed by atoms with E-state index in [-0.39, 0.29) is 17.9 Å². The van der Waals surface area contributed by atoms with Crippen molar-refractivity contribution in [3.8, 4) is 6.07 Å². The van der Waals surface area contributed by atoms with Gasteiger partial charge in [0.1, 0.15) is 17.3 Å². The second kappa shape index (κ2) is 12.0. The molecule has 12 nitrogen and oxygen atoms in total. The number of aryl methyl sites for hydroxylation is 1. The summed E-state index contributed by atoms with van der Waals surface area (Å²) in [6.45, 7) is 8.39. The molecule has 3 saturated heterocycles. The number of piperazine rings is 1. The SMILES string of the molecule is Cc1nc(Nc2nc(C(=O)N3CCN(C(=O)N4CCOCC4)CC3)cs2)cc([C@H]2CCCN(CC#N)C2)n1. The summed E-state index contributed by atoms with van der Waals surface area (Å²) in [7, 11) is 0. The lowest BCUT2D eigenvalue weighted by Gasteiger charge is -2.38. The lowest BCUT2D eigenvalue weighted by Crippen LogP contribution is -2.55. The Labute approximate surface area is 226 Å². The minimum Gasteiger partial charge on any atom is -0.378 e. The van der Waals surface area contributed by atoms with Gasteiger partial charge in [-0.2, -0.15) is 5.26 Å². The van der Waals surface area contributed by atoms with Gasteiger partial charge in [-0.05, 0) is 26.3 Å². The van der Waals surface area contributed by atoms with E-state index in [4.69, 9.17) is 10.00 Å². The summed E-state index contributed by atoms with van der Waals surface area (Å²) in [5.41, 5.74) is 1.34. The molecular formula is C25H33N9O3S. The fourth-order valence-corrected chi connectivity index (χ4v) is 5.85. The molecule has 2 aromatic heterocycles. The molecule has 13 heteroatoms. The third-order valence-electron chi connectivity index (χ3n) is 7.15. The number of thiazole rings is 1. The predicted molar refractivity (Wildman–Crippen MR) is 141 cm³/mol. The molecule has 3 amide bonds. The highest BCUT2D eigenvalue weighted by Crippen LogP contribution is 2.28. The molecule has 0 aliphatic carbocycles. The van der Waals surface area contributed by atoms with Crippen LogP contribution in [0, 0.1) is 18.3 Å². The number of nitrogens with zero attached hydrogens (tertiary/aromatic N) is 8. The van der Waals surface area contributed by atoms with Crippen LogP contribution in [-0.4, -0.2) is 119 Å². The number of likely N-dealkylation sites (tertiary alicyclic amines) is 1. The van der Waals surface area contributed by atoms with Crippen LogP contribution in [0.25, 0.3) is 0 Å². The molecular weight excluding hydrogens is 506 g/mol. The second-order valence-electron chi connectivity index (χ2n) is 9.78. The van der Waals surface area contributed by atoms with E-state index in [2.05, 4.69) is 31.2 Å². The Bertz CT molecular complexity index is 1180. The average Bonchev–Trinajstić information content (AvgIpc) is 3.41. The molecule has 0 radical (unpaired) electrons. The van der Waals surface area contributed by atoms with Gasteiger partial charge in [-0.25, -0.2) is 19.7 Å². The van der Waals surface area contributed by atoms with E-state index in [9.17, 15) is 9.59 Å². The lowest BCUT2D eigenvalue weighted by molar-refractivity contribution is 0.0362. The normalized spacial score (nSPS) is 20.7. The number of nitriles is 1. The summed E-state index contributed by atoms with van der Waals surface area (Å²) in [5.74, 6) is 1.43. The number of anilines is 2. The number of piperidine rings is 1. The third kappa shape index (κ3) is 6.20. The van der Waals surface area contributed by atoms with Crippen molar-refractivity contribution in [1.29, 1.82) is 5.26 Å². The predicted octanol–water partition coefficient (Wildman–Crippen LogP) is 1.90. The molecule has 1 atom stereocenters. The summed E-state index contributed by atoms with van der Waals surface area (Å²) >= 11 is 1.36. The second-order valence-corrected chi connectivity index (χ2v) is 10.6. The smallest absolute Gasteiger partial charge is 0.320 e. The zero-order chi connectivity index (χ0) is 26.5. The molecule has 38 heavy (non-hydrogen) atoms. The zero-order valence-electron chi connectivity index (χ0n) is 21.6. The molecule has 0 spiro atoms. The molecule has 202 valence electrons. The van der Waals surface area contributed by atoms with Gasteiger partial charge in [0.05, 0.1) is 31.5 Å². The van der Waals surface area contributed by atoms with Gasteiger partial charge >= 0.3 is 6.03 Å². The number of morpholine rings is 1. The van der Waals surface area contributed by atoms with Crippen LogP contribution in [0.4, 0.5) is 15.7 Å². The first-order valence-electron chi connectivity index (χ1n) is 13.1. The molecule has 2 aromatic rings. The van der Waals surface area contributed by atoms with Crippen molar-refractivity contribution in [2.24, 2.45) is 0 Å². The van der Waals surface area contributed by atoms with Gasteiger partial charge in [0.25, 0.3) is 5.91 Å². The Balaban J connectivity index is 1.18. The number of ether oxygens (including phenoxy) is 1. The monoisotopic (exact) mass is 539 g/mol. The fraction of sp³-hybridized carbons (Fsp3) is 0.600. The van der Waals surface area contributed by atoms with Gasteiger partial charge < -0.3 is 24.8 Å². The van der Waals surface area contributed by atoms with E-state index in [1.54, 1.807) is 10.3 Å². The van der Waals surface area contributed by atoms with Gasteiger partial charge in [-0.3, -0.25) is 9.69 Å². The molecule has 0 bridgehead atoms. The van der Waals surface area contributed by atoms with Gasteiger partial charge in [0.15, 0.2) is 5.13 Å². The molecule has 0 saturated carbocycles. The van der Waals surface area contributed by atoms with E-state index in [1.165, 1.54) is 11.3 Å². The Morgan fingerprint density at radius 1 is 1.08 bits per heavy atom. The highest BCUT2D eigenvalue weighted by molar-refractivity contribution is 7.14. The van der Waals surface area contributed by atoms with Crippen LogP contribution in [0.1, 0.15) is 40.8 Å². The highest BCUT2D eigenvalue weighted by atomic mass is 32.1. The molecule has 3 aliphatic rings. The van der Waals surface area contributed by atoms with E-state index < -0.39 is 0 Å². The largest absolute Gasteiger partial charge is 0.378 e. The van der Waals surface area contributed by atoms with Crippen LogP contribution in [-0.2, 0) is 4.74 Å². The Hall–Kier alpha value is -3.34. The van der Waals surface area contributed by atoms with Gasteiger partial charge in [0, 0.05) is 63.2 Å². The van der Waals surface area contributed by atoms with Crippen molar-refractivity contribution in [3.63, 3.8) is 0 Å². The number of rotatable bonds is 5. The molecule has 0 aromatic carbocycles. The Kier molecular flexibility index (Phi) is 8.31. The van der Waals surface area contributed by atoms with E-state index in [0.717, 1.165) is 31.6 Å². The van der Waals surface area contributed by atoms with Gasteiger partial charge in [-0.1, -0.05) is 0 Å². The van der Waals surface area contributed by atoms with Crippen LogP contribution in [0.5, 0.6) is 0 Å². The molecule has 3 aliphatic heterocycles. The van der Waals surface area contributed by atoms with Crippen molar-refractivity contribution in [2.75, 3.05) is 77.4 Å². The number of amides is 3. The Morgan fingerprint density at radius 2 is 1.82 bits per heavy atom. The van der Waals surface area contributed by atoms with E-state index >= 15 is 0 Å². The average molecular weight is 540 g/mol. The van der Waals surface area contributed by atoms with Crippen molar-refractivity contribution >= 4 is 34.2 Å². The van der Waals surface area contributed by atoms with Crippen LogP contribution in [0.15, 0.2) is 11.4 Å². The number of aromatic nitrogens is 3. The van der Waals surface area contributed by atoms with E-state index in [0.29, 0.717) is 81.5 Å². The molecule has 0 unspecified atom stereocenters. The van der Waals surface area contributed by atoms with Gasteiger partial charge in [-0.15, -0.1) is 11.3 Å². The molecule has 3 fully saturated rings. The molecule has 5 rings (SSSR count). The number of hydrogen-bond acceptors (Lipinski definition) is 10. The molecule has 1 N–H and O–H groups in total. The first-order chi connectivity index (χ1) is 18.5. The summed E-state index contributed by atoms with van der Waals surface area (Å²) in [5, 5.41) is 14.6. The maximum atomic E-state index is 13.1. The number of urea groups is 1. The zero-order valence-corrected chi connectivity index (χ0v) is 22.5. The summed E-state index contributed by atoms with van der Waals surface area (Å²) in [4.78, 5) is 47.1. The van der Waals surface area contributed by atoms with Crippen molar-refractivity contribution in [1.82, 2.24) is 34.6 Å². The van der Waals surface area contributed by atoms with Crippen LogP contribution in [0.3, 0.4) is 0 Å². The minimum atomic E-state index is -0.132. The topological polar surface area (TPSA) is 131 Å². The maximum Gasteiger partial charge on any atom is 0.320 e. The number of nitrogens with one attached hydrogen (secondary N) is 1. The first kappa shape index (κ1) is 26.3. The van der Waals surface area contributed by atoms with Crippen LogP contribution < -0.4 is 5.32 Å². The van der Waals surface area contributed by atoms with Crippen LogP contribution >= 0.6 is 11.3 Å². The highest BCUT2D eigenvalue weighted by Gasteiger charge is 2.29. The third-order valence-corrected chi connectivity index (χ3v) is 7.91. The fourth-order valence-electron chi connectivity index (χ4n) is 5.16.